The van der Waals surface area contributed by atoms with Crippen molar-refractivity contribution in [3.63, 3.8) is 0 Å². The third-order valence-corrected chi connectivity index (χ3v) is 7.24. The number of nitrogens with two attached hydrogens (primary N) is 1. The predicted molar refractivity (Wildman–Crippen MR) is 100 cm³/mol. The Morgan fingerprint density at radius 3 is 2.96 bits per heavy atom. The van der Waals surface area contributed by atoms with E-state index < -0.39 is 5.91 Å². The van der Waals surface area contributed by atoms with Crippen molar-refractivity contribution < 1.29 is 9.59 Å². The molecular formula is C16H19N3O2S3. The van der Waals surface area contributed by atoms with Gasteiger partial charge in [-0.3, -0.25) is 9.59 Å². The lowest BCUT2D eigenvalue weighted by Gasteiger charge is -2.18. The molecule has 0 saturated carbocycles. The zero-order valence-corrected chi connectivity index (χ0v) is 16.0. The Morgan fingerprint density at radius 1 is 1.50 bits per heavy atom. The highest BCUT2D eigenvalue weighted by Gasteiger charge is 2.27. The second kappa shape index (κ2) is 7.25. The van der Waals surface area contributed by atoms with Gasteiger partial charge in [0, 0.05) is 16.0 Å². The van der Waals surface area contributed by atoms with Crippen LogP contribution in [-0.2, 0) is 17.6 Å². The van der Waals surface area contributed by atoms with Gasteiger partial charge in [0.15, 0.2) is 4.34 Å². The standard InChI is InChI=1S/C16H19N3O2S3/c1-8-3-4-10-11(5-8)24-15(13(10)14(17)21)19-12(20)7-23-16-18-9(2)6-22-16/h6,8H,3-5,7H2,1-2H3,(H2,17,21)(H,19,20)/t8-/m1/s1. The summed E-state index contributed by atoms with van der Waals surface area (Å²) in [5, 5.41) is 5.43. The van der Waals surface area contributed by atoms with Crippen molar-refractivity contribution in [1.29, 1.82) is 0 Å². The first-order valence-electron chi connectivity index (χ1n) is 7.73. The molecule has 1 atom stereocenters. The maximum Gasteiger partial charge on any atom is 0.251 e. The third-order valence-electron chi connectivity index (χ3n) is 3.94. The second-order valence-electron chi connectivity index (χ2n) is 6.01. The number of hydrogen-bond donors (Lipinski definition) is 2. The molecule has 1 aliphatic rings. The molecule has 2 aromatic heterocycles. The molecule has 0 aliphatic heterocycles. The van der Waals surface area contributed by atoms with Crippen LogP contribution in [0.1, 0.15) is 39.8 Å². The molecule has 5 nitrogen and oxygen atoms in total. The number of thiazole rings is 1. The molecule has 0 spiro atoms. The Hall–Kier alpha value is -1.38. The molecule has 8 heteroatoms. The van der Waals surface area contributed by atoms with Crippen LogP contribution in [0.25, 0.3) is 0 Å². The van der Waals surface area contributed by atoms with Gasteiger partial charge < -0.3 is 11.1 Å². The lowest BCUT2D eigenvalue weighted by atomic mass is 9.88. The largest absolute Gasteiger partial charge is 0.365 e. The summed E-state index contributed by atoms with van der Waals surface area (Å²) < 4.78 is 0.872. The Kier molecular flexibility index (Phi) is 5.27. The molecule has 3 N–H and O–H groups in total. The summed E-state index contributed by atoms with van der Waals surface area (Å²) in [5.74, 6) is 0.274. The van der Waals surface area contributed by atoms with E-state index in [1.165, 1.54) is 39.3 Å². The SMILES string of the molecule is Cc1csc(SCC(=O)Nc2sc3c(c2C(N)=O)CC[C@@H](C)C3)n1. The molecule has 2 aromatic rings. The van der Waals surface area contributed by atoms with Crippen LogP contribution in [0.5, 0.6) is 0 Å². The van der Waals surface area contributed by atoms with E-state index in [2.05, 4.69) is 17.2 Å². The van der Waals surface area contributed by atoms with Crippen LogP contribution in [0.15, 0.2) is 9.72 Å². The van der Waals surface area contributed by atoms with E-state index in [-0.39, 0.29) is 11.7 Å². The minimum atomic E-state index is -0.458. The van der Waals surface area contributed by atoms with Crippen LogP contribution in [0.2, 0.25) is 0 Å². The van der Waals surface area contributed by atoms with Crippen molar-refractivity contribution in [2.45, 2.75) is 37.4 Å². The summed E-state index contributed by atoms with van der Waals surface area (Å²) in [5.41, 5.74) is 8.06. The molecule has 0 unspecified atom stereocenters. The molecule has 2 amide bonds. The number of nitrogens with one attached hydrogen (secondary N) is 1. The second-order valence-corrected chi connectivity index (χ2v) is 9.20. The summed E-state index contributed by atoms with van der Waals surface area (Å²) in [6.07, 6.45) is 2.86. The molecule has 0 fully saturated rings. The van der Waals surface area contributed by atoms with Crippen LogP contribution in [0, 0.1) is 12.8 Å². The van der Waals surface area contributed by atoms with Crippen molar-refractivity contribution >= 4 is 51.3 Å². The minimum absolute atomic E-state index is 0.137. The molecule has 128 valence electrons. The van der Waals surface area contributed by atoms with Gasteiger partial charge in [-0.05, 0) is 37.7 Å². The van der Waals surface area contributed by atoms with Gasteiger partial charge in [0.25, 0.3) is 5.91 Å². The zero-order valence-electron chi connectivity index (χ0n) is 13.5. The molecule has 0 radical (unpaired) electrons. The normalized spacial score (nSPS) is 16.7. The van der Waals surface area contributed by atoms with Crippen LogP contribution < -0.4 is 11.1 Å². The molecule has 2 heterocycles. The highest BCUT2D eigenvalue weighted by molar-refractivity contribution is 8.01. The molecule has 0 bridgehead atoms. The average Bonchev–Trinajstić information content (AvgIpc) is 3.07. The van der Waals surface area contributed by atoms with Crippen molar-refractivity contribution in [3.05, 3.63) is 27.1 Å². The lowest BCUT2D eigenvalue weighted by Crippen LogP contribution is -2.20. The first kappa shape index (κ1) is 17.4. The van der Waals surface area contributed by atoms with E-state index in [9.17, 15) is 9.59 Å². The Morgan fingerprint density at radius 2 is 2.29 bits per heavy atom. The number of carbonyl (C=O) groups is 2. The number of hydrogen-bond acceptors (Lipinski definition) is 6. The summed E-state index contributed by atoms with van der Waals surface area (Å²) >= 11 is 4.42. The highest BCUT2D eigenvalue weighted by atomic mass is 32.2. The van der Waals surface area contributed by atoms with Crippen LogP contribution in [0.3, 0.4) is 0 Å². The van der Waals surface area contributed by atoms with Crippen molar-refractivity contribution in [1.82, 2.24) is 4.98 Å². The van der Waals surface area contributed by atoms with E-state index in [0.29, 0.717) is 16.5 Å². The maximum absolute atomic E-state index is 12.2. The lowest BCUT2D eigenvalue weighted by molar-refractivity contribution is -0.113. The number of fused-ring (bicyclic) bond motifs is 1. The fourth-order valence-corrected chi connectivity index (χ4v) is 5.87. The Labute approximate surface area is 153 Å². The van der Waals surface area contributed by atoms with Gasteiger partial charge in [-0.15, -0.1) is 22.7 Å². The summed E-state index contributed by atoms with van der Waals surface area (Å²) in [6.45, 7) is 4.13. The number of amides is 2. The monoisotopic (exact) mass is 381 g/mol. The number of carbonyl (C=O) groups excluding carboxylic acids is 2. The summed E-state index contributed by atoms with van der Waals surface area (Å²) in [6, 6.07) is 0. The highest BCUT2D eigenvalue weighted by Crippen LogP contribution is 2.39. The van der Waals surface area contributed by atoms with Gasteiger partial charge >= 0.3 is 0 Å². The van der Waals surface area contributed by atoms with Crippen LogP contribution in [-0.4, -0.2) is 22.6 Å². The quantitative estimate of drug-likeness (QED) is 0.777. The number of anilines is 1. The van der Waals surface area contributed by atoms with Gasteiger partial charge in [-0.2, -0.15) is 0 Å². The van der Waals surface area contributed by atoms with Crippen molar-refractivity contribution in [2.75, 3.05) is 11.1 Å². The fourth-order valence-electron chi connectivity index (χ4n) is 2.79. The first-order chi connectivity index (χ1) is 11.4. The molecular weight excluding hydrogens is 362 g/mol. The number of primary amides is 1. The van der Waals surface area contributed by atoms with Gasteiger partial charge in [-0.25, -0.2) is 4.98 Å². The van der Waals surface area contributed by atoms with E-state index in [0.717, 1.165) is 34.9 Å². The average molecular weight is 382 g/mol. The number of aryl methyl sites for hydroxylation is 1. The summed E-state index contributed by atoms with van der Waals surface area (Å²) in [7, 11) is 0. The van der Waals surface area contributed by atoms with Gasteiger partial charge in [0.2, 0.25) is 5.91 Å². The molecule has 24 heavy (non-hydrogen) atoms. The maximum atomic E-state index is 12.2. The van der Waals surface area contributed by atoms with E-state index in [4.69, 9.17) is 5.73 Å². The molecule has 0 saturated heterocycles. The van der Waals surface area contributed by atoms with Crippen LogP contribution >= 0.6 is 34.4 Å². The van der Waals surface area contributed by atoms with E-state index >= 15 is 0 Å². The molecule has 1 aliphatic carbocycles. The fraction of sp³-hybridized carbons (Fsp3) is 0.438. The number of thioether (sulfide) groups is 1. The number of aromatic nitrogens is 1. The van der Waals surface area contributed by atoms with E-state index in [1.807, 2.05) is 12.3 Å². The van der Waals surface area contributed by atoms with E-state index in [1.54, 1.807) is 0 Å². The number of nitrogens with zero attached hydrogens (tertiary/aromatic N) is 1. The van der Waals surface area contributed by atoms with Crippen LogP contribution in [0.4, 0.5) is 5.00 Å². The van der Waals surface area contributed by atoms with Gasteiger partial charge in [0.05, 0.1) is 11.3 Å². The minimum Gasteiger partial charge on any atom is -0.365 e. The smallest absolute Gasteiger partial charge is 0.251 e. The van der Waals surface area contributed by atoms with Gasteiger partial charge in [-0.1, -0.05) is 18.7 Å². The number of thiophene rings is 1. The van der Waals surface area contributed by atoms with Gasteiger partial charge in [0.1, 0.15) is 5.00 Å². The van der Waals surface area contributed by atoms with Crippen molar-refractivity contribution in [3.8, 4) is 0 Å². The predicted octanol–water partition coefficient (Wildman–Crippen LogP) is 3.47. The number of rotatable bonds is 5. The molecule has 0 aromatic carbocycles. The summed E-state index contributed by atoms with van der Waals surface area (Å²) in [4.78, 5) is 29.6. The first-order valence-corrected chi connectivity index (χ1v) is 10.4. The molecule has 3 rings (SSSR count). The Balaban J connectivity index is 1.72. The third kappa shape index (κ3) is 3.81. The topological polar surface area (TPSA) is 85.1 Å². The zero-order chi connectivity index (χ0) is 17.3. The van der Waals surface area contributed by atoms with Crippen molar-refractivity contribution in [2.24, 2.45) is 11.7 Å². The Bertz CT molecular complexity index is 782.